The fraction of sp³-hybridized carbons (Fsp3) is 0.300. The molecule has 1 amide bonds. The van der Waals surface area contributed by atoms with Crippen molar-refractivity contribution in [2.45, 2.75) is 11.5 Å². The molecule has 0 aliphatic rings. The fourth-order valence-corrected chi connectivity index (χ4v) is 2.60. The summed E-state index contributed by atoms with van der Waals surface area (Å²) >= 11 is 0. The summed E-state index contributed by atoms with van der Waals surface area (Å²) in [5.74, 6) is -1.02. The average Bonchev–Trinajstić information content (AvgIpc) is 2.27. The minimum absolute atomic E-state index is 0.347. The molecule has 0 fully saturated rings. The predicted molar refractivity (Wildman–Crippen MR) is 61.2 cm³/mol. The summed E-state index contributed by atoms with van der Waals surface area (Å²) in [4.78, 5) is 9.80. The molecule has 0 atom stereocenters. The molecule has 0 spiro atoms. The van der Waals surface area contributed by atoms with Crippen LogP contribution in [0.15, 0.2) is 29.2 Å². The zero-order chi connectivity index (χ0) is 14.5. The summed E-state index contributed by atoms with van der Waals surface area (Å²) in [5, 5.41) is 10.2. The maximum absolute atomic E-state index is 12.1. The summed E-state index contributed by atoms with van der Waals surface area (Å²) in [6, 6.07) is 4.93. The lowest BCUT2D eigenvalue weighted by Crippen LogP contribution is -2.27. The fourth-order valence-electron chi connectivity index (χ4n) is 1.30. The van der Waals surface area contributed by atoms with Gasteiger partial charge in [-0.3, -0.25) is 0 Å². The molecule has 6 nitrogen and oxygen atoms in total. The van der Waals surface area contributed by atoms with Crippen LogP contribution in [0.2, 0.25) is 0 Å². The van der Waals surface area contributed by atoms with E-state index in [0.717, 1.165) is 12.1 Å². The van der Waals surface area contributed by atoms with Crippen molar-refractivity contribution in [1.29, 1.82) is 0 Å². The maximum Gasteiger partial charge on any atom is 0.404 e. The van der Waals surface area contributed by atoms with E-state index in [1.54, 1.807) is 0 Å². The van der Waals surface area contributed by atoms with Crippen molar-refractivity contribution in [1.82, 2.24) is 5.32 Å². The van der Waals surface area contributed by atoms with Crippen molar-refractivity contribution < 1.29 is 31.8 Å². The van der Waals surface area contributed by atoms with Gasteiger partial charge in [-0.2, -0.15) is 8.78 Å². The molecule has 0 heterocycles. The van der Waals surface area contributed by atoms with Crippen molar-refractivity contribution in [2.75, 3.05) is 12.3 Å². The first-order valence-corrected chi connectivity index (χ1v) is 6.71. The van der Waals surface area contributed by atoms with Gasteiger partial charge >= 0.3 is 12.7 Å². The minimum Gasteiger partial charge on any atom is -0.465 e. The van der Waals surface area contributed by atoms with E-state index in [1.165, 1.54) is 12.1 Å². The van der Waals surface area contributed by atoms with Crippen molar-refractivity contribution >= 4 is 15.9 Å². The number of hydrogen-bond donors (Lipinski definition) is 2. The van der Waals surface area contributed by atoms with Gasteiger partial charge in [0.25, 0.3) is 0 Å². The van der Waals surface area contributed by atoms with Gasteiger partial charge in [-0.1, -0.05) is 12.1 Å². The largest absolute Gasteiger partial charge is 0.465 e. The Morgan fingerprint density at radius 3 is 2.58 bits per heavy atom. The van der Waals surface area contributed by atoms with E-state index in [9.17, 15) is 22.0 Å². The third kappa shape index (κ3) is 4.70. The molecule has 0 aliphatic carbocycles. The summed E-state index contributed by atoms with van der Waals surface area (Å²) in [7, 11) is -3.92. The molecule has 0 saturated carbocycles. The molecule has 0 unspecified atom stereocenters. The summed E-state index contributed by atoms with van der Waals surface area (Å²) in [6.07, 6.45) is -1.37. The second kappa shape index (κ2) is 6.32. The van der Waals surface area contributed by atoms with E-state index >= 15 is 0 Å². The van der Waals surface area contributed by atoms with Gasteiger partial charge in [0.15, 0.2) is 9.84 Å². The molecule has 106 valence electrons. The Kier molecular flexibility index (Phi) is 5.04. The maximum atomic E-state index is 12.1. The van der Waals surface area contributed by atoms with E-state index in [1.807, 2.05) is 5.32 Å². The zero-order valence-corrected chi connectivity index (χ0v) is 10.4. The Morgan fingerprint density at radius 1 is 1.37 bits per heavy atom. The number of ether oxygens (including phenoxy) is 1. The van der Waals surface area contributed by atoms with Crippen LogP contribution >= 0.6 is 0 Å². The van der Waals surface area contributed by atoms with Crippen LogP contribution in [0.1, 0.15) is 0 Å². The number of alkyl halides is 2. The molecular weight excluding hydrogens is 284 g/mol. The first kappa shape index (κ1) is 15.2. The molecule has 0 aromatic heterocycles. The van der Waals surface area contributed by atoms with Crippen molar-refractivity contribution in [2.24, 2.45) is 0 Å². The lowest BCUT2D eigenvalue weighted by molar-refractivity contribution is -0.0517. The number of carboxylic acid groups (broad SMARTS) is 1. The third-order valence-corrected chi connectivity index (χ3v) is 3.80. The number of para-hydroxylation sites is 1. The molecule has 1 aromatic rings. The average molecular weight is 295 g/mol. The summed E-state index contributed by atoms with van der Waals surface area (Å²) in [5.41, 5.74) is 0. The molecule has 1 aromatic carbocycles. The zero-order valence-electron chi connectivity index (χ0n) is 9.55. The van der Waals surface area contributed by atoms with Gasteiger partial charge in [0.1, 0.15) is 10.6 Å². The summed E-state index contributed by atoms with van der Waals surface area (Å²) in [6.45, 7) is -3.49. The molecule has 2 N–H and O–H groups in total. The quantitative estimate of drug-likeness (QED) is 0.826. The van der Waals surface area contributed by atoms with E-state index < -0.39 is 38.9 Å². The molecule has 0 saturated heterocycles. The van der Waals surface area contributed by atoms with Crippen LogP contribution in [-0.4, -0.2) is 38.5 Å². The molecule has 0 bridgehead atoms. The highest BCUT2D eigenvalue weighted by Crippen LogP contribution is 2.25. The molecular formula is C10H11F2NO5S. The van der Waals surface area contributed by atoms with Gasteiger partial charge in [-0.05, 0) is 12.1 Å². The number of nitrogens with one attached hydrogen (secondary N) is 1. The van der Waals surface area contributed by atoms with Gasteiger partial charge in [-0.25, -0.2) is 13.2 Å². The Balaban J connectivity index is 2.91. The Morgan fingerprint density at radius 2 is 2.00 bits per heavy atom. The number of halogens is 2. The number of rotatable bonds is 6. The lowest BCUT2D eigenvalue weighted by atomic mass is 10.3. The predicted octanol–water partition coefficient (Wildman–Crippen LogP) is 1.33. The molecule has 9 heteroatoms. The second-order valence-corrected chi connectivity index (χ2v) is 5.45. The van der Waals surface area contributed by atoms with Gasteiger partial charge in [-0.15, -0.1) is 0 Å². The number of carbonyl (C=O) groups is 1. The summed E-state index contributed by atoms with van der Waals surface area (Å²) < 4.78 is 52.1. The third-order valence-electron chi connectivity index (χ3n) is 2.05. The second-order valence-electron chi connectivity index (χ2n) is 3.38. The molecule has 1 rings (SSSR count). The molecule has 19 heavy (non-hydrogen) atoms. The van der Waals surface area contributed by atoms with Crippen LogP contribution in [-0.2, 0) is 9.84 Å². The van der Waals surface area contributed by atoms with Crippen LogP contribution in [0.4, 0.5) is 13.6 Å². The monoisotopic (exact) mass is 295 g/mol. The first-order valence-electron chi connectivity index (χ1n) is 5.06. The highest BCUT2D eigenvalue weighted by Gasteiger charge is 2.21. The minimum atomic E-state index is -3.92. The topological polar surface area (TPSA) is 92.7 Å². The first-order chi connectivity index (χ1) is 8.83. The standard InChI is InChI=1S/C10H11F2NO5S/c11-9(12)18-7-3-1-2-4-8(7)19(16,17)6-5-13-10(14)15/h1-4,9,13H,5-6H2,(H,14,15). The van der Waals surface area contributed by atoms with Gasteiger partial charge in [0.05, 0.1) is 5.75 Å². The SMILES string of the molecule is O=C(O)NCCS(=O)(=O)c1ccccc1OC(F)F. The van der Waals surface area contributed by atoms with E-state index in [4.69, 9.17) is 5.11 Å². The van der Waals surface area contributed by atoms with Gasteiger partial charge in [0, 0.05) is 6.54 Å². The number of benzene rings is 1. The Hall–Kier alpha value is -1.90. The van der Waals surface area contributed by atoms with Crippen molar-refractivity contribution in [3.8, 4) is 5.75 Å². The smallest absolute Gasteiger partial charge is 0.404 e. The highest BCUT2D eigenvalue weighted by molar-refractivity contribution is 7.91. The number of sulfone groups is 1. The Bertz CT molecular complexity index is 547. The van der Waals surface area contributed by atoms with Crippen molar-refractivity contribution in [3.63, 3.8) is 0 Å². The van der Waals surface area contributed by atoms with E-state index in [0.29, 0.717) is 0 Å². The van der Waals surface area contributed by atoms with Crippen LogP contribution in [0.25, 0.3) is 0 Å². The van der Waals surface area contributed by atoms with Crippen LogP contribution in [0, 0.1) is 0 Å². The lowest BCUT2D eigenvalue weighted by Gasteiger charge is -2.11. The van der Waals surface area contributed by atoms with Crippen LogP contribution < -0.4 is 10.1 Å². The van der Waals surface area contributed by atoms with Crippen LogP contribution in [0.3, 0.4) is 0 Å². The van der Waals surface area contributed by atoms with Gasteiger partial charge in [0.2, 0.25) is 0 Å². The molecule has 0 radical (unpaired) electrons. The highest BCUT2D eigenvalue weighted by atomic mass is 32.2. The van der Waals surface area contributed by atoms with Crippen LogP contribution in [0.5, 0.6) is 5.75 Å². The number of amides is 1. The van der Waals surface area contributed by atoms with Gasteiger partial charge < -0.3 is 15.2 Å². The molecule has 0 aliphatic heterocycles. The number of hydrogen-bond acceptors (Lipinski definition) is 4. The van der Waals surface area contributed by atoms with Crippen molar-refractivity contribution in [3.05, 3.63) is 24.3 Å². The van der Waals surface area contributed by atoms with E-state index in [2.05, 4.69) is 4.74 Å². The normalized spacial score (nSPS) is 11.3. The van der Waals surface area contributed by atoms with E-state index in [-0.39, 0.29) is 6.54 Å². The Labute approximate surface area is 107 Å².